The van der Waals surface area contributed by atoms with E-state index in [0.29, 0.717) is 0 Å². The minimum atomic E-state index is -0.967. The van der Waals surface area contributed by atoms with E-state index >= 15 is 0 Å². The highest BCUT2D eigenvalue weighted by atomic mass is 16.4. The van der Waals surface area contributed by atoms with E-state index in [0.717, 1.165) is 33.7 Å². The fraction of sp³-hybridized carbons (Fsp3) is 0. The van der Waals surface area contributed by atoms with Crippen LogP contribution in [0.4, 0.5) is 5.69 Å². The van der Waals surface area contributed by atoms with Crippen LogP contribution in [0.3, 0.4) is 0 Å². The maximum absolute atomic E-state index is 10.7. The van der Waals surface area contributed by atoms with Gasteiger partial charge in [0.15, 0.2) is 0 Å². The number of carboxylic acids is 1. The molecule has 130 valence electrons. The van der Waals surface area contributed by atoms with Crippen molar-refractivity contribution in [2.75, 3.05) is 0 Å². The summed E-state index contributed by atoms with van der Waals surface area (Å²) in [6.45, 7) is 0. The number of fused-ring (bicyclic) bond motifs is 2. The first-order valence-corrected chi connectivity index (χ1v) is 8.66. The Morgan fingerprint density at radius 3 is 2.15 bits per heavy atom. The maximum Gasteiger partial charge on any atom is 0.328 e. The predicted octanol–water partition coefficient (Wildman–Crippen LogP) is 5.84. The zero-order valence-corrected chi connectivity index (χ0v) is 14.5. The molecule has 4 aromatic carbocycles. The fourth-order valence-electron chi connectivity index (χ4n) is 3.20. The number of hydrogen-bond acceptors (Lipinski definition) is 2. The predicted molar refractivity (Wildman–Crippen MR) is 112 cm³/mol. The third-order valence-corrected chi connectivity index (χ3v) is 4.44. The lowest BCUT2D eigenvalue weighted by molar-refractivity contribution is -0.131. The molecule has 0 atom stereocenters. The number of benzene rings is 4. The van der Waals surface area contributed by atoms with Gasteiger partial charge in [0, 0.05) is 17.9 Å². The lowest BCUT2D eigenvalue weighted by atomic mass is 9.97. The Morgan fingerprint density at radius 1 is 0.815 bits per heavy atom. The van der Waals surface area contributed by atoms with E-state index in [-0.39, 0.29) is 0 Å². The first-order valence-electron chi connectivity index (χ1n) is 8.66. The van der Waals surface area contributed by atoms with Crippen LogP contribution < -0.4 is 0 Å². The highest BCUT2D eigenvalue weighted by Gasteiger charge is 2.05. The van der Waals surface area contributed by atoms with Crippen molar-refractivity contribution < 1.29 is 9.90 Å². The molecule has 0 aliphatic carbocycles. The molecule has 0 aliphatic heterocycles. The van der Waals surface area contributed by atoms with E-state index in [1.165, 1.54) is 10.8 Å². The molecular formula is C24H17NO2. The number of hydrogen-bond donors (Lipinski definition) is 1. The average Bonchev–Trinajstić information content (AvgIpc) is 2.70. The lowest BCUT2D eigenvalue weighted by Gasteiger charge is -2.08. The van der Waals surface area contributed by atoms with Gasteiger partial charge >= 0.3 is 5.97 Å². The molecule has 0 saturated heterocycles. The number of carboxylic acid groups (broad SMARTS) is 1. The summed E-state index contributed by atoms with van der Waals surface area (Å²) in [5, 5.41) is 13.4. The van der Waals surface area contributed by atoms with Crippen molar-refractivity contribution in [1.29, 1.82) is 0 Å². The lowest BCUT2D eigenvalue weighted by Crippen LogP contribution is -1.88. The highest BCUT2D eigenvalue weighted by molar-refractivity contribution is 6.13. The normalized spacial score (nSPS) is 11.7. The molecule has 27 heavy (non-hydrogen) atoms. The van der Waals surface area contributed by atoms with Gasteiger partial charge in [-0.2, -0.15) is 0 Å². The molecule has 4 aromatic rings. The molecule has 0 aromatic heterocycles. The average molecular weight is 351 g/mol. The van der Waals surface area contributed by atoms with Crippen LogP contribution in [0.2, 0.25) is 0 Å². The molecule has 0 bridgehead atoms. The zero-order valence-electron chi connectivity index (χ0n) is 14.5. The minimum absolute atomic E-state index is 0.777. The summed E-state index contributed by atoms with van der Waals surface area (Å²) in [5.74, 6) is -0.967. The van der Waals surface area contributed by atoms with Gasteiger partial charge in [-0.25, -0.2) is 4.79 Å². The summed E-state index contributed by atoms with van der Waals surface area (Å²) in [5.41, 5.74) is 2.66. The highest BCUT2D eigenvalue weighted by Crippen LogP contribution is 2.28. The molecule has 0 fully saturated rings. The van der Waals surface area contributed by atoms with E-state index < -0.39 is 5.97 Å². The summed E-state index contributed by atoms with van der Waals surface area (Å²) < 4.78 is 0. The second kappa shape index (κ2) is 7.26. The SMILES string of the molecule is O=C(O)C=Cc1cccc(N=Cc2c3ccccc3cc3ccccc23)c1. The van der Waals surface area contributed by atoms with Gasteiger partial charge in [0.25, 0.3) is 0 Å². The summed E-state index contributed by atoms with van der Waals surface area (Å²) in [6, 6.07) is 26.3. The zero-order chi connectivity index (χ0) is 18.6. The van der Waals surface area contributed by atoms with E-state index in [2.05, 4.69) is 35.3 Å². The number of rotatable bonds is 4. The van der Waals surface area contributed by atoms with Crippen molar-refractivity contribution in [2.45, 2.75) is 0 Å². The van der Waals surface area contributed by atoms with Crippen molar-refractivity contribution in [2.24, 2.45) is 4.99 Å². The molecule has 3 nitrogen and oxygen atoms in total. The van der Waals surface area contributed by atoms with Gasteiger partial charge < -0.3 is 5.11 Å². The van der Waals surface area contributed by atoms with Crippen LogP contribution in [-0.2, 0) is 4.79 Å². The van der Waals surface area contributed by atoms with Crippen molar-refractivity contribution in [3.05, 3.63) is 96.1 Å². The maximum atomic E-state index is 10.7. The second-order valence-corrected chi connectivity index (χ2v) is 6.26. The number of aliphatic imine (C=N–C) groups is 1. The van der Waals surface area contributed by atoms with E-state index in [1.807, 2.05) is 54.7 Å². The Morgan fingerprint density at radius 2 is 1.48 bits per heavy atom. The molecule has 3 heteroatoms. The molecule has 0 amide bonds. The fourth-order valence-corrected chi connectivity index (χ4v) is 3.20. The largest absolute Gasteiger partial charge is 0.478 e. The quantitative estimate of drug-likeness (QED) is 0.285. The van der Waals surface area contributed by atoms with Crippen molar-refractivity contribution in [3.63, 3.8) is 0 Å². The van der Waals surface area contributed by atoms with Gasteiger partial charge in [0.1, 0.15) is 0 Å². The molecule has 0 unspecified atom stereocenters. The molecule has 0 aliphatic rings. The third-order valence-electron chi connectivity index (χ3n) is 4.44. The minimum Gasteiger partial charge on any atom is -0.478 e. The number of aliphatic carboxylic acids is 1. The molecule has 0 radical (unpaired) electrons. The Bertz CT molecular complexity index is 1150. The van der Waals surface area contributed by atoms with Crippen molar-refractivity contribution >= 4 is 45.5 Å². The second-order valence-electron chi connectivity index (χ2n) is 6.26. The molecule has 0 heterocycles. The summed E-state index contributed by atoms with van der Waals surface area (Å²) >= 11 is 0. The van der Waals surface area contributed by atoms with Crippen molar-refractivity contribution in [3.8, 4) is 0 Å². The summed E-state index contributed by atoms with van der Waals surface area (Å²) in [4.78, 5) is 15.4. The Labute approximate surface area is 156 Å². The van der Waals surface area contributed by atoms with Gasteiger partial charge in [-0.15, -0.1) is 0 Å². The Balaban J connectivity index is 1.81. The number of nitrogens with zero attached hydrogens (tertiary/aromatic N) is 1. The Hall–Kier alpha value is -3.72. The van der Waals surface area contributed by atoms with Gasteiger partial charge in [0.05, 0.1) is 5.69 Å². The van der Waals surface area contributed by atoms with Crippen LogP contribution in [-0.4, -0.2) is 17.3 Å². The monoisotopic (exact) mass is 351 g/mol. The van der Waals surface area contributed by atoms with Crippen LogP contribution in [0.15, 0.2) is 89.9 Å². The molecule has 4 rings (SSSR count). The van der Waals surface area contributed by atoms with Crippen molar-refractivity contribution in [1.82, 2.24) is 0 Å². The molecule has 0 saturated carbocycles. The standard InChI is InChI=1S/C24H17NO2/c26-24(27)13-12-17-6-5-9-20(14-17)25-16-23-21-10-3-1-7-18(21)15-19-8-2-4-11-22(19)23/h1-16H,(H,26,27). The van der Waals surface area contributed by atoms with Gasteiger partial charge in [-0.05, 0) is 51.4 Å². The molecule has 1 N–H and O–H groups in total. The van der Waals surface area contributed by atoms with Gasteiger partial charge in [-0.1, -0.05) is 60.7 Å². The van der Waals surface area contributed by atoms with Gasteiger partial charge in [-0.3, -0.25) is 4.99 Å². The smallest absolute Gasteiger partial charge is 0.328 e. The van der Waals surface area contributed by atoms with Crippen LogP contribution >= 0.6 is 0 Å². The Kier molecular flexibility index (Phi) is 4.50. The topological polar surface area (TPSA) is 49.7 Å². The first kappa shape index (κ1) is 16.7. The van der Waals surface area contributed by atoms with Crippen LogP contribution in [0, 0.1) is 0 Å². The summed E-state index contributed by atoms with van der Waals surface area (Å²) in [6.07, 6.45) is 4.58. The van der Waals surface area contributed by atoms with Crippen LogP contribution in [0.1, 0.15) is 11.1 Å². The molecular weight excluding hydrogens is 334 g/mol. The van der Waals surface area contributed by atoms with E-state index in [9.17, 15) is 4.79 Å². The summed E-state index contributed by atoms with van der Waals surface area (Å²) in [7, 11) is 0. The molecule has 0 spiro atoms. The third kappa shape index (κ3) is 3.62. The number of carbonyl (C=O) groups is 1. The first-order chi connectivity index (χ1) is 13.2. The van der Waals surface area contributed by atoms with Gasteiger partial charge in [0.2, 0.25) is 0 Å². The van der Waals surface area contributed by atoms with E-state index in [4.69, 9.17) is 5.11 Å². The van der Waals surface area contributed by atoms with E-state index in [1.54, 1.807) is 6.08 Å². The van der Waals surface area contributed by atoms with Crippen LogP contribution in [0.25, 0.3) is 27.6 Å². The van der Waals surface area contributed by atoms with Crippen LogP contribution in [0.5, 0.6) is 0 Å².